The molecule has 1 aliphatic rings. The van der Waals surface area contributed by atoms with Gasteiger partial charge in [0.15, 0.2) is 5.58 Å². The number of hydrogen-bond acceptors (Lipinski definition) is 4. The number of halogens is 1. The molecule has 2 amide bonds. The summed E-state index contributed by atoms with van der Waals surface area (Å²) in [5, 5.41) is 7.17. The van der Waals surface area contributed by atoms with Gasteiger partial charge in [-0.05, 0) is 24.6 Å². The highest BCUT2D eigenvalue weighted by atomic mass is 35.5. The molecule has 1 saturated heterocycles. The quantitative estimate of drug-likeness (QED) is 0.852. The lowest BCUT2D eigenvalue weighted by molar-refractivity contribution is 0.0388. The third kappa shape index (κ3) is 4.26. The van der Waals surface area contributed by atoms with Crippen LogP contribution in [0.25, 0.3) is 11.0 Å². The van der Waals surface area contributed by atoms with E-state index in [0.717, 1.165) is 56.0 Å². The van der Waals surface area contributed by atoms with Crippen LogP contribution in [0.3, 0.4) is 0 Å². The number of anilines is 1. The molecule has 2 N–H and O–H groups in total. The summed E-state index contributed by atoms with van der Waals surface area (Å²) in [5.74, 6) is 0.920. The number of hydrogen-bond donors (Lipinski definition) is 2. The smallest absolute Gasteiger partial charge is 0.319 e. The largest absolute Gasteiger partial charge is 0.459 e. The number of benzene rings is 1. The lowest BCUT2D eigenvalue weighted by atomic mass is 10.1. The summed E-state index contributed by atoms with van der Waals surface area (Å²) < 4.78 is 11.1. The van der Waals surface area contributed by atoms with Gasteiger partial charge in [0, 0.05) is 43.7 Å². The normalized spacial score (nSPS) is 15.5. The second kappa shape index (κ2) is 8.08. The predicted molar refractivity (Wildman–Crippen MR) is 99.6 cm³/mol. The minimum Gasteiger partial charge on any atom is -0.459 e. The number of rotatable bonds is 5. The predicted octanol–water partition coefficient (Wildman–Crippen LogP) is 3.41. The van der Waals surface area contributed by atoms with Gasteiger partial charge in [-0.15, -0.1) is 0 Å². The Labute approximate surface area is 152 Å². The van der Waals surface area contributed by atoms with Crippen molar-refractivity contribution < 1.29 is 13.9 Å². The zero-order valence-electron chi connectivity index (χ0n) is 14.7. The number of fused-ring (bicyclic) bond motifs is 1. The first-order valence-electron chi connectivity index (χ1n) is 8.65. The van der Waals surface area contributed by atoms with Gasteiger partial charge in [-0.1, -0.05) is 18.5 Å². The molecule has 0 aliphatic carbocycles. The van der Waals surface area contributed by atoms with Gasteiger partial charge in [-0.3, -0.25) is 4.90 Å². The monoisotopic (exact) mass is 365 g/mol. The topological polar surface area (TPSA) is 66.7 Å². The number of amides is 2. The highest BCUT2D eigenvalue weighted by molar-refractivity contribution is 6.35. The van der Waals surface area contributed by atoms with Gasteiger partial charge in [-0.2, -0.15) is 0 Å². The molecule has 2 heterocycles. The number of furan rings is 1. The summed E-state index contributed by atoms with van der Waals surface area (Å²) in [6, 6.07) is 3.38. The zero-order chi connectivity index (χ0) is 17.8. The van der Waals surface area contributed by atoms with E-state index in [4.69, 9.17) is 20.8 Å². The zero-order valence-corrected chi connectivity index (χ0v) is 15.4. The van der Waals surface area contributed by atoms with Gasteiger partial charge in [0.05, 0.1) is 18.2 Å². The van der Waals surface area contributed by atoms with E-state index in [1.165, 1.54) is 0 Å². The van der Waals surface area contributed by atoms with Crippen LogP contribution in [0.5, 0.6) is 0 Å². The van der Waals surface area contributed by atoms with Crippen molar-refractivity contribution in [2.45, 2.75) is 20.3 Å². The average molecular weight is 366 g/mol. The van der Waals surface area contributed by atoms with Crippen molar-refractivity contribution in [2.75, 3.05) is 44.7 Å². The molecule has 0 unspecified atom stereocenters. The first-order chi connectivity index (χ1) is 12.1. The van der Waals surface area contributed by atoms with Gasteiger partial charge >= 0.3 is 6.03 Å². The molecule has 0 saturated carbocycles. The van der Waals surface area contributed by atoms with Crippen LogP contribution >= 0.6 is 11.6 Å². The molecule has 136 valence electrons. The van der Waals surface area contributed by atoms with Crippen molar-refractivity contribution in [3.05, 3.63) is 28.5 Å². The van der Waals surface area contributed by atoms with E-state index in [-0.39, 0.29) is 6.03 Å². The highest BCUT2D eigenvalue weighted by Crippen LogP contribution is 2.34. The molecule has 0 radical (unpaired) electrons. The van der Waals surface area contributed by atoms with Crippen molar-refractivity contribution >= 4 is 34.3 Å². The summed E-state index contributed by atoms with van der Waals surface area (Å²) >= 11 is 6.31. The molecule has 0 bridgehead atoms. The van der Waals surface area contributed by atoms with Crippen LogP contribution in [0.4, 0.5) is 10.5 Å². The van der Waals surface area contributed by atoms with Gasteiger partial charge in [0.1, 0.15) is 5.76 Å². The number of morpholine rings is 1. The lowest BCUT2D eigenvalue weighted by Gasteiger charge is -2.26. The van der Waals surface area contributed by atoms with E-state index in [2.05, 4.69) is 15.5 Å². The Bertz CT molecular complexity index is 754. The molecule has 1 aromatic heterocycles. The Hall–Kier alpha value is -1.76. The first kappa shape index (κ1) is 18.0. The fraction of sp³-hybridized carbons (Fsp3) is 0.500. The maximum absolute atomic E-state index is 12.1. The van der Waals surface area contributed by atoms with E-state index in [1.54, 1.807) is 6.07 Å². The first-order valence-corrected chi connectivity index (χ1v) is 9.02. The van der Waals surface area contributed by atoms with Crippen LogP contribution in [0.15, 0.2) is 16.5 Å². The molecule has 7 heteroatoms. The maximum Gasteiger partial charge on any atom is 0.319 e. The van der Waals surface area contributed by atoms with Crippen molar-refractivity contribution in [1.82, 2.24) is 10.2 Å². The van der Waals surface area contributed by atoms with Crippen LogP contribution in [0.1, 0.15) is 18.2 Å². The van der Waals surface area contributed by atoms with Crippen molar-refractivity contribution in [1.29, 1.82) is 0 Å². The Morgan fingerprint density at radius 3 is 2.80 bits per heavy atom. The van der Waals surface area contributed by atoms with Crippen LogP contribution < -0.4 is 10.6 Å². The second-order valence-corrected chi connectivity index (χ2v) is 6.58. The van der Waals surface area contributed by atoms with Gasteiger partial charge in [0.2, 0.25) is 0 Å². The Morgan fingerprint density at radius 2 is 2.08 bits per heavy atom. The number of ether oxygens (including phenoxy) is 1. The van der Waals surface area contributed by atoms with Crippen molar-refractivity contribution in [3.8, 4) is 0 Å². The van der Waals surface area contributed by atoms with Crippen LogP contribution in [0.2, 0.25) is 5.02 Å². The second-order valence-electron chi connectivity index (χ2n) is 6.17. The van der Waals surface area contributed by atoms with Crippen LogP contribution in [-0.4, -0.2) is 50.3 Å². The SMILES string of the molecule is CCc1oc2c(Cl)cc(NC(=O)NCCN3CCOCC3)cc2c1C. The van der Waals surface area contributed by atoms with E-state index in [1.807, 2.05) is 19.9 Å². The van der Waals surface area contributed by atoms with E-state index in [0.29, 0.717) is 22.8 Å². The van der Waals surface area contributed by atoms with Gasteiger partial charge in [0.25, 0.3) is 0 Å². The Kier molecular flexibility index (Phi) is 5.83. The molecule has 0 atom stereocenters. The fourth-order valence-corrected chi connectivity index (χ4v) is 3.32. The molecule has 25 heavy (non-hydrogen) atoms. The number of aryl methyl sites for hydroxylation is 2. The lowest BCUT2D eigenvalue weighted by Crippen LogP contribution is -2.42. The Balaban J connectivity index is 1.60. The average Bonchev–Trinajstić information content (AvgIpc) is 2.93. The van der Waals surface area contributed by atoms with Crippen molar-refractivity contribution in [2.24, 2.45) is 0 Å². The highest BCUT2D eigenvalue weighted by Gasteiger charge is 2.14. The summed E-state index contributed by atoms with van der Waals surface area (Å²) in [6.45, 7) is 8.80. The molecule has 2 aromatic rings. The third-order valence-electron chi connectivity index (χ3n) is 4.49. The number of nitrogens with zero attached hydrogens (tertiary/aromatic N) is 1. The number of nitrogens with one attached hydrogen (secondary N) is 2. The minimum atomic E-state index is -0.236. The molecule has 3 rings (SSSR count). The fourth-order valence-electron chi connectivity index (χ4n) is 3.06. The van der Waals surface area contributed by atoms with Gasteiger partial charge in [-0.25, -0.2) is 4.79 Å². The summed E-state index contributed by atoms with van der Waals surface area (Å²) in [7, 11) is 0. The molecule has 1 fully saturated rings. The Morgan fingerprint density at radius 1 is 1.32 bits per heavy atom. The molecule has 1 aromatic carbocycles. The summed E-state index contributed by atoms with van der Waals surface area (Å²) in [5.41, 5.74) is 2.40. The van der Waals surface area contributed by atoms with E-state index < -0.39 is 0 Å². The number of urea groups is 1. The number of carbonyl (C=O) groups excluding carboxylic acids is 1. The number of carbonyl (C=O) groups is 1. The van der Waals surface area contributed by atoms with E-state index >= 15 is 0 Å². The molecular weight excluding hydrogens is 342 g/mol. The summed E-state index contributed by atoms with van der Waals surface area (Å²) in [6.07, 6.45) is 0.807. The molecule has 0 spiro atoms. The van der Waals surface area contributed by atoms with Gasteiger partial charge < -0.3 is 19.8 Å². The molecule has 1 aliphatic heterocycles. The van der Waals surface area contributed by atoms with Crippen LogP contribution in [0, 0.1) is 6.92 Å². The maximum atomic E-state index is 12.1. The minimum absolute atomic E-state index is 0.236. The molecule has 6 nitrogen and oxygen atoms in total. The van der Waals surface area contributed by atoms with Crippen molar-refractivity contribution in [3.63, 3.8) is 0 Å². The van der Waals surface area contributed by atoms with E-state index in [9.17, 15) is 4.79 Å². The molecular formula is C18H24ClN3O3. The standard InChI is InChI=1S/C18H24ClN3O3/c1-3-16-12(2)14-10-13(11-15(19)17(14)25-16)21-18(23)20-4-5-22-6-8-24-9-7-22/h10-11H,3-9H2,1-2H3,(H2,20,21,23). The summed E-state index contributed by atoms with van der Waals surface area (Å²) in [4.78, 5) is 14.4. The van der Waals surface area contributed by atoms with Crippen LogP contribution in [-0.2, 0) is 11.2 Å². The third-order valence-corrected chi connectivity index (χ3v) is 4.77.